The van der Waals surface area contributed by atoms with E-state index in [1.54, 1.807) is 6.21 Å². The summed E-state index contributed by atoms with van der Waals surface area (Å²) in [6.07, 6.45) is 3.56. The zero-order valence-electron chi connectivity index (χ0n) is 11.3. The molecule has 1 rings (SSSR count). The highest BCUT2D eigenvalue weighted by molar-refractivity contribution is 5.67. The van der Waals surface area contributed by atoms with Crippen molar-refractivity contribution in [3.05, 3.63) is 29.8 Å². The van der Waals surface area contributed by atoms with Crippen LogP contribution >= 0.6 is 0 Å². The van der Waals surface area contributed by atoms with Crippen LogP contribution in [0.5, 0.6) is 0 Å². The second kappa shape index (κ2) is 7.64. The number of carbonyl (C=O) groups is 1. The molecule has 0 bridgehead atoms. The molecule has 0 radical (unpaired) electrons. The van der Waals surface area contributed by atoms with E-state index < -0.39 is 0 Å². The number of carbonyl (C=O) groups excluding carboxylic acids is 1. The van der Waals surface area contributed by atoms with Crippen molar-refractivity contribution in [2.24, 2.45) is 4.99 Å². The zero-order valence-corrected chi connectivity index (χ0v) is 11.3. The van der Waals surface area contributed by atoms with Gasteiger partial charge in [-0.1, -0.05) is 26.0 Å². The van der Waals surface area contributed by atoms with Crippen LogP contribution in [0.15, 0.2) is 29.3 Å². The van der Waals surface area contributed by atoms with Crippen molar-refractivity contribution in [3.63, 3.8) is 0 Å². The number of rotatable bonds is 6. The Kier molecular flexibility index (Phi) is 6.12. The molecular formula is C15H21NO2. The molecule has 98 valence electrons. The van der Waals surface area contributed by atoms with Crippen LogP contribution in [-0.4, -0.2) is 18.8 Å². The molecule has 0 spiro atoms. The SMILES string of the molecule is CCC(C)c1cccc(N=CCCOC(C)=O)c1. The van der Waals surface area contributed by atoms with Gasteiger partial charge >= 0.3 is 5.97 Å². The Bertz CT molecular complexity index is 413. The van der Waals surface area contributed by atoms with Crippen LogP contribution in [0.3, 0.4) is 0 Å². The summed E-state index contributed by atoms with van der Waals surface area (Å²) in [4.78, 5) is 14.9. The van der Waals surface area contributed by atoms with Crippen LogP contribution in [0, 0.1) is 0 Å². The first kappa shape index (κ1) is 14.4. The molecule has 0 fully saturated rings. The first-order valence-corrected chi connectivity index (χ1v) is 6.39. The zero-order chi connectivity index (χ0) is 13.4. The number of benzene rings is 1. The van der Waals surface area contributed by atoms with Crippen LogP contribution in [0.1, 0.15) is 45.1 Å². The number of hydrogen-bond acceptors (Lipinski definition) is 3. The van der Waals surface area contributed by atoms with Crippen LogP contribution in [0.2, 0.25) is 0 Å². The Labute approximate surface area is 109 Å². The van der Waals surface area contributed by atoms with Gasteiger partial charge in [-0.25, -0.2) is 0 Å². The summed E-state index contributed by atoms with van der Waals surface area (Å²) in [7, 11) is 0. The smallest absolute Gasteiger partial charge is 0.302 e. The van der Waals surface area contributed by atoms with E-state index in [-0.39, 0.29) is 5.97 Å². The minimum Gasteiger partial charge on any atom is -0.465 e. The predicted octanol–water partition coefficient (Wildman–Crippen LogP) is 3.86. The lowest BCUT2D eigenvalue weighted by Gasteiger charge is -2.08. The molecule has 1 unspecified atom stereocenters. The molecule has 0 amide bonds. The molecule has 0 aromatic heterocycles. The van der Waals surface area contributed by atoms with Gasteiger partial charge in [0.15, 0.2) is 0 Å². The molecule has 0 aliphatic heterocycles. The maximum atomic E-state index is 10.6. The summed E-state index contributed by atoms with van der Waals surface area (Å²) in [5.74, 6) is 0.309. The summed E-state index contributed by atoms with van der Waals surface area (Å²) in [5.41, 5.74) is 2.27. The molecule has 0 aliphatic carbocycles. The third-order valence-electron chi connectivity index (χ3n) is 2.84. The number of aliphatic imine (C=N–C) groups is 1. The van der Waals surface area contributed by atoms with Crippen molar-refractivity contribution in [3.8, 4) is 0 Å². The fourth-order valence-corrected chi connectivity index (χ4v) is 1.57. The molecule has 18 heavy (non-hydrogen) atoms. The highest BCUT2D eigenvalue weighted by atomic mass is 16.5. The van der Waals surface area contributed by atoms with Gasteiger partial charge in [-0.2, -0.15) is 0 Å². The summed E-state index contributed by atoms with van der Waals surface area (Å²) >= 11 is 0. The van der Waals surface area contributed by atoms with E-state index in [1.165, 1.54) is 12.5 Å². The molecule has 0 heterocycles. The molecule has 0 saturated carbocycles. The fourth-order valence-electron chi connectivity index (χ4n) is 1.57. The van der Waals surface area contributed by atoms with Crippen molar-refractivity contribution in [2.75, 3.05) is 6.61 Å². The maximum absolute atomic E-state index is 10.6. The standard InChI is InChI=1S/C15H21NO2/c1-4-12(2)14-7-5-8-15(11-14)16-9-6-10-18-13(3)17/h5,7-9,11-12H,4,6,10H2,1-3H3. The van der Waals surface area contributed by atoms with Gasteiger partial charge in [0.05, 0.1) is 12.3 Å². The Morgan fingerprint density at radius 2 is 2.28 bits per heavy atom. The second-order valence-electron chi connectivity index (χ2n) is 4.34. The highest BCUT2D eigenvalue weighted by Crippen LogP contribution is 2.22. The average molecular weight is 247 g/mol. The molecular weight excluding hydrogens is 226 g/mol. The minimum atomic E-state index is -0.248. The normalized spacial score (nSPS) is 12.6. The molecule has 0 N–H and O–H groups in total. The van der Waals surface area contributed by atoms with E-state index >= 15 is 0 Å². The molecule has 3 nitrogen and oxygen atoms in total. The van der Waals surface area contributed by atoms with Crippen LogP contribution < -0.4 is 0 Å². The summed E-state index contributed by atoms with van der Waals surface area (Å²) in [6, 6.07) is 8.25. The van der Waals surface area contributed by atoms with E-state index in [0.29, 0.717) is 18.9 Å². The number of hydrogen-bond donors (Lipinski definition) is 0. The van der Waals surface area contributed by atoms with E-state index in [4.69, 9.17) is 4.74 Å². The Morgan fingerprint density at radius 3 is 2.94 bits per heavy atom. The van der Waals surface area contributed by atoms with Gasteiger partial charge in [0.25, 0.3) is 0 Å². The van der Waals surface area contributed by atoms with E-state index in [0.717, 1.165) is 12.1 Å². The Balaban J connectivity index is 2.51. The second-order valence-corrected chi connectivity index (χ2v) is 4.34. The largest absolute Gasteiger partial charge is 0.465 e. The number of esters is 1. The molecule has 0 saturated heterocycles. The molecule has 1 atom stereocenters. The molecule has 1 aromatic carbocycles. The molecule has 3 heteroatoms. The van der Waals surface area contributed by atoms with Gasteiger partial charge in [-0.3, -0.25) is 9.79 Å². The monoisotopic (exact) mass is 247 g/mol. The fraction of sp³-hybridized carbons (Fsp3) is 0.467. The number of nitrogens with zero attached hydrogens (tertiary/aromatic N) is 1. The predicted molar refractivity (Wildman–Crippen MR) is 74.6 cm³/mol. The first-order chi connectivity index (χ1) is 8.63. The summed E-state index contributed by atoms with van der Waals surface area (Å²) in [5, 5.41) is 0. The Hall–Kier alpha value is -1.64. The highest BCUT2D eigenvalue weighted by Gasteiger charge is 2.02. The van der Waals surface area contributed by atoms with Crippen molar-refractivity contribution < 1.29 is 9.53 Å². The minimum absolute atomic E-state index is 0.248. The number of ether oxygens (including phenoxy) is 1. The third-order valence-corrected chi connectivity index (χ3v) is 2.84. The molecule has 0 aliphatic rings. The van der Waals surface area contributed by atoms with Gasteiger partial charge in [0.2, 0.25) is 0 Å². The quantitative estimate of drug-likeness (QED) is 0.435. The lowest BCUT2D eigenvalue weighted by Crippen LogP contribution is -2.00. The van der Waals surface area contributed by atoms with Crippen LogP contribution in [-0.2, 0) is 9.53 Å². The maximum Gasteiger partial charge on any atom is 0.302 e. The van der Waals surface area contributed by atoms with Gasteiger partial charge in [-0.15, -0.1) is 0 Å². The van der Waals surface area contributed by atoms with Crippen molar-refractivity contribution in [2.45, 2.75) is 39.5 Å². The van der Waals surface area contributed by atoms with Gasteiger partial charge in [0, 0.05) is 19.6 Å². The van der Waals surface area contributed by atoms with Crippen molar-refractivity contribution in [1.29, 1.82) is 0 Å². The first-order valence-electron chi connectivity index (χ1n) is 6.39. The summed E-state index contributed by atoms with van der Waals surface area (Å²) in [6.45, 7) is 6.19. The van der Waals surface area contributed by atoms with Gasteiger partial charge in [-0.05, 0) is 30.0 Å². The van der Waals surface area contributed by atoms with Crippen molar-refractivity contribution >= 4 is 17.9 Å². The van der Waals surface area contributed by atoms with Gasteiger partial charge in [0.1, 0.15) is 0 Å². The topological polar surface area (TPSA) is 38.7 Å². The van der Waals surface area contributed by atoms with Crippen LogP contribution in [0.4, 0.5) is 5.69 Å². The van der Waals surface area contributed by atoms with E-state index in [9.17, 15) is 4.79 Å². The van der Waals surface area contributed by atoms with E-state index in [2.05, 4.69) is 31.0 Å². The lowest BCUT2D eigenvalue weighted by molar-refractivity contribution is -0.140. The van der Waals surface area contributed by atoms with Crippen molar-refractivity contribution in [1.82, 2.24) is 0 Å². The van der Waals surface area contributed by atoms with E-state index in [1.807, 2.05) is 12.1 Å². The third kappa shape index (κ3) is 5.13. The Morgan fingerprint density at radius 1 is 1.50 bits per heavy atom. The molecule has 1 aromatic rings. The van der Waals surface area contributed by atoms with Gasteiger partial charge < -0.3 is 4.74 Å². The lowest BCUT2D eigenvalue weighted by atomic mass is 9.98. The van der Waals surface area contributed by atoms with Crippen LogP contribution in [0.25, 0.3) is 0 Å². The summed E-state index contributed by atoms with van der Waals surface area (Å²) < 4.78 is 4.83. The average Bonchev–Trinajstić information content (AvgIpc) is 2.37.